The molecule has 0 radical (unpaired) electrons. The van der Waals surface area contributed by atoms with E-state index < -0.39 is 24.3 Å². The van der Waals surface area contributed by atoms with Gasteiger partial charge in [-0.2, -0.15) is 0 Å². The summed E-state index contributed by atoms with van der Waals surface area (Å²) < 4.78 is 18.4. The Morgan fingerprint density at radius 1 is 0.553 bits per heavy atom. The molecule has 3 aromatic rings. The molecule has 0 aliphatic carbocycles. The lowest BCUT2D eigenvalue weighted by atomic mass is 10.0. The molecule has 7 heteroatoms. The van der Waals surface area contributed by atoms with Crippen molar-refractivity contribution in [2.75, 3.05) is 19.8 Å². The topological polar surface area (TPSA) is 78.9 Å². The molecule has 0 N–H and O–H groups in total. The number of hydrogen-bond acceptors (Lipinski definition) is 6. The van der Waals surface area contributed by atoms with Crippen molar-refractivity contribution in [3.63, 3.8) is 0 Å². The third-order valence-electron chi connectivity index (χ3n) is 9.09. The van der Waals surface area contributed by atoms with Crippen LogP contribution in [0.4, 0.5) is 0 Å². The molecule has 0 saturated carbocycles. The maximum atomic E-state index is 14.9. The van der Waals surface area contributed by atoms with Gasteiger partial charge in [0.25, 0.3) is 8.07 Å². The fourth-order valence-electron chi connectivity index (χ4n) is 5.82. The average Bonchev–Trinajstić information content (AvgIpc) is 3.11. The van der Waals surface area contributed by atoms with Gasteiger partial charge in [-0.15, -0.1) is 0 Å². The molecule has 2 atom stereocenters. The highest BCUT2D eigenvalue weighted by molar-refractivity contribution is 7.42. The van der Waals surface area contributed by atoms with Crippen LogP contribution in [0.15, 0.2) is 72.8 Å². The number of hydrogen-bond donors (Lipinski definition) is 0. The highest BCUT2D eigenvalue weighted by Crippen LogP contribution is 2.33. The monoisotopic (exact) mass is 658 g/mol. The molecule has 0 heterocycles. The van der Waals surface area contributed by atoms with Gasteiger partial charge in [0.2, 0.25) is 0 Å². The largest absolute Gasteiger partial charge is 0.493 e. The van der Waals surface area contributed by atoms with Gasteiger partial charge < -0.3 is 14.2 Å². The van der Waals surface area contributed by atoms with E-state index in [0.717, 1.165) is 51.4 Å². The van der Waals surface area contributed by atoms with Gasteiger partial charge in [-0.05, 0) is 74.5 Å². The molecule has 0 aromatic heterocycles. The number of benzene rings is 3. The smallest absolute Gasteiger partial charge is 0.295 e. The molecule has 0 bridgehead atoms. The van der Waals surface area contributed by atoms with Gasteiger partial charge in [-0.1, -0.05) is 103 Å². The molecule has 6 nitrogen and oxygen atoms in total. The van der Waals surface area contributed by atoms with Crippen molar-refractivity contribution in [1.82, 2.24) is 0 Å². The SMILES string of the molecule is CCCCC(CC)COc1ccccc1C(=O)[Si](C)(C(=O)c1ccccc1OCC)C(=O)c1ccccc1OCC(CC)CCCC. The van der Waals surface area contributed by atoms with E-state index in [1.807, 2.05) is 19.1 Å². The third kappa shape index (κ3) is 9.66. The zero-order chi connectivity index (χ0) is 34.2. The number of carbonyl (C=O) groups excluding carboxylic acids is 3. The van der Waals surface area contributed by atoms with Gasteiger partial charge in [0.15, 0.2) is 16.2 Å². The van der Waals surface area contributed by atoms with E-state index in [4.69, 9.17) is 14.2 Å². The lowest BCUT2D eigenvalue weighted by Gasteiger charge is -2.26. The van der Waals surface area contributed by atoms with Gasteiger partial charge in [-0.25, -0.2) is 0 Å². The van der Waals surface area contributed by atoms with Crippen molar-refractivity contribution < 1.29 is 28.6 Å². The Balaban J connectivity index is 2.11. The average molecular weight is 659 g/mol. The Labute approximate surface area is 283 Å². The van der Waals surface area contributed by atoms with Crippen LogP contribution in [-0.4, -0.2) is 44.1 Å². The molecule has 0 amide bonds. The van der Waals surface area contributed by atoms with Crippen LogP contribution in [0.25, 0.3) is 0 Å². The van der Waals surface area contributed by atoms with Crippen molar-refractivity contribution >= 4 is 24.3 Å². The van der Waals surface area contributed by atoms with E-state index in [1.54, 1.807) is 67.2 Å². The van der Waals surface area contributed by atoms with Crippen LogP contribution in [0.5, 0.6) is 17.2 Å². The number of ether oxygens (including phenoxy) is 3. The van der Waals surface area contributed by atoms with Gasteiger partial charge in [0.1, 0.15) is 17.2 Å². The Kier molecular flexibility index (Phi) is 15.4. The molecule has 0 saturated heterocycles. The molecule has 47 heavy (non-hydrogen) atoms. The maximum Gasteiger partial charge on any atom is 0.295 e. The lowest BCUT2D eigenvalue weighted by Crippen LogP contribution is -2.57. The first-order valence-corrected chi connectivity index (χ1v) is 20.1. The van der Waals surface area contributed by atoms with Crippen molar-refractivity contribution in [2.24, 2.45) is 11.8 Å². The fourth-order valence-corrected chi connectivity index (χ4v) is 8.68. The molecule has 3 rings (SSSR count). The van der Waals surface area contributed by atoms with E-state index in [9.17, 15) is 14.4 Å². The first-order chi connectivity index (χ1) is 22.8. The van der Waals surface area contributed by atoms with Crippen LogP contribution in [-0.2, 0) is 0 Å². The van der Waals surface area contributed by atoms with Gasteiger partial charge in [-0.3, -0.25) is 14.4 Å². The molecule has 0 aliphatic heterocycles. The Morgan fingerprint density at radius 3 is 1.21 bits per heavy atom. The van der Waals surface area contributed by atoms with Crippen LogP contribution in [0.2, 0.25) is 6.55 Å². The zero-order valence-electron chi connectivity index (χ0n) is 29.3. The summed E-state index contributed by atoms with van der Waals surface area (Å²) in [7, 11) is -4.23. The van der Waals surface area contributed by atoms with Gasteiger partial charge >= 0.3 is 0 Å². The predicted molar refractivity (Wildman–Crippen MR) is 193 cm³/mol. The Hall–Kier alpha value is -3.71. The molecule has 3 aromatic carbocycles. The highest BCUT2D eigenvalue weighted by atomic mass is 28.3. The summed E-state index contributed by atoms with van der Waals surface area (Å²) in [6.45, 7) is 13.3. The Bertz CT molecular complexity index is 1370. The van der Waals surface area contributed by atoms with Crippen molar-refractivity contribution in [1.29, 1.82) is 0 Å². The highest BCUT2D eigenvalue weighted by Gasteiger charge is 2.54. The number of para-hydroxylation sites is 3. The minimum atomic E-state index is -4.23. The summed E-state index contributed by atoms with van der Waals surface area (Å²) in [6.07, 6.45) is 8.41. The molecule has 0 spiro atoms. The van der Waals surface area contributed by atoms with Crippen LogP contribution >= 0.6 is 0 Å². The summed E-state index contributed by atoms with van der Waals surface area (Å²) in [5, 5.41) is -1.47. The van der Waals surface area contributed by atoms with E-state index in [0.29, 0.717) is 48.9 Å². The van der Waals surface area contributed by atoms with E-state index in [-0.39, 0.29) is 16.7 Å². The second-order valence-electron chi connectivity index (χ2n) is 12.5. The summed E-state index contributed by atoms with van der Waals surface area (Å²) in [4.78, 5) is 44.5. The van der Waals surface area contributed by atoms with Crippen LogP contribution < -0.4 is 14.2 Å². The minimum absolute atomic E-state index is 0.234. The first kappa shape index (κ1) is 37.7. The normalized spacial score (nSPS) is 13.7. The maximum absolute atomic E-state index is 14.9. The minimum Gasteiger partial charge on any atom is -0.493 e. The molecule has 254 valence electrons. The Morgan fingerprint density at radius 2 is 0.894 bits per heavy atom. The third-order valence-corrected chi connectivity index (χ3v) is 12.6. The summed E-state index contributed by atoms with van der Waals surface area (Å²) in [5.41, 5.74) is 0.747. The second kappa shape index (κ2) is 19.2. The first-order valence-electron chi connectivity index (χ1n) is 17.6. The van der Waals surface area contributed by atoms with E-state index >= 15 is 0 Å². The summed E-state index contributed by atoms with van der Waals surface area (Å²) in [6, 6.07) is 20.9. The fraction of sp³-hybridized carbons (Fsp3) is 0.475. The van der Waals surface area contributed by atoms with Gasteiger partial charge in [0.05, 0.1) is 36.5 Å². The standard InChI is InChI=1S/C40H54O6Si/c1-7-12-20-30(9-3)28-45-36-26-18-15-23-33(36)39(42)47(6,38(41)32-22-14-17-25-35(32)44-11-5)40(43)34-24-16-19-27-37(34)46-29-31(10-4)21-13-8-2/h14-19,22-27,30-31H,7-13,20-21,28-29H2,1-6H3. The zero-order valence-corrected chi connectivity index (χ0v) is 30.3. The van der Waals surface area contributed by atoms with E-state index in [1.165, 1.54) is 0 Å². The van der Waals surface area contributed by atoms with Gasteiger partial charge in [0, 0.05) is 0 Å². The van der Waals surface area contributed by atoms with Crippen molar-refractivity contribution in [2.45, 2.75) is 92.5 Å². The molecule has 0 fully saturated rings. The lowest BCUT2D eigenvalue weighted by molar-refractivity contribution is 0.0978. The molecular formula is C40H54O6Si. The summed E-state index contributed by atoms with van der Waals surface area (Å²) in [5.74, 6) is 1.84. The van der Waals surface area contributed by atoms with Crippen molar-refractivity contribution in [3.05, 3.63) is 89.5 Å². The molecular weight excluding hydrogens is 605 g/mol. The quantitative estimate of drug-likeness (QED) is 0.100. The van der Waals surface area contributed by atoms with Crippen molar-refractivity contribution in [3.8, 4) is 17.2 Å². The van der Waals surface area contributed by atoms with E-state index in [2.05, 4.69) is 27.7 Å². The number of rotatable bonds is 22. The summed E-state index contributed by atoms with van der Waals surface area (Å²) >= 11 is 0. The number of carbonyl (C=O) groups is 3. The molecule has 2 unspecified atom stereocenters. The molecule has 0 aliphatic rings. The van der Waals surface area contributed by atoms with Crippen LogP contribution in [0.1, 0.15) is 117 Å². The predicted octanol–water partition coefficient (Wildman–Crippen LogP) is 9.92. The second-order valence-corrected chi connectivity index (χ2v) is 16.1. The van der Waals surface area contributed by atoms with Crippen LogP contribution in [0.3, 0.4) is 0 Å². The number of unbranched alkanes of at least 4 members (excludes halogenated alkanes) is 2. The van der Waals surface area contributed by atoms with Crippen LogP contribution in [0, 0.1) is 11.8 Å².